The molecule has 2 aliphatic carbocycles. The lowest BCUT2D eigenvalue weighted by molar-refractivity contribution is 0.0176. The van der Waals surface area contributed by atoms with Gasteiger partial charge in [-0.1, -0.05) is 85.0 Å². The Morgan fingerprint density at radius 1 is 0.574 bits per heavy atom. The summed E-state index contributed by atoms with van der Waals surface area (Å²) in [6, 6.07) is 34.9. The van der Waals surface area contributed by atoms with Gasteiger partial charge in [-0.3, -0.25) is 4.79 Å². The number of esters is 2. The summed E-state index contributed by atoms with van der Waals surface area (Å²) in [5, 5.41) is 4.42. The molecule has 1 aliphatic heterocycles. The SMILES string of the molecule is COc1ccc(C(=O)OC2CCC(/C=C/c3cc4ccccc4c4c3OCOc3c(/C=C/C5CCC(OC(=O)c6ccc(C=O)cc6)CC5)cc5ccccc5c3-4)CC2)cc1. The Morgan fingerprint density at radius 2 is 1.02 bits per heavy atom. The monoisotopic (exact) mass is 812 g/mol. The van der Waals surface area contributed by atoms with Gasteiger partial charge in [0.05, 0.1) is 18.2 Å². The van der Waals surface area contributed by atoms with E-state index in [2.05, 4.69) is 85.0 Å². The molecule has 8 nitrogen and oxygen atoms in total. The van der Waals surface area contributed by atoms with Crippen LogP contribution in [0.3, 0.4) is 0 Å². The minimum Gasteiger partial charge on any atom is -0.497 e. The summed E-state index contributed by atoms with van der Waals surface area (Å²) in [5.74, 6) is 2.32. The van der Waals surface area contributed by atoms with Crippen molar-refractivity contribution in [2.24, 2.45) is 11.8 Å². The van der Waals surface area contributed by atoms with Crippen LogP contribution < -0.4 is 14.2 Å². The summed E-state index contributed by atoms with van der Waals surface area (Å²) < 4.78 is 30.2. The van der Waals surface area contributed by atoms with Crippen molar-refractivity contribution in [3.63, 3.8) is 0 Å². The molecule has 0 amide bonds. The van der Waals surface area contributed by atoms with Crippen molar-refractivity contribution < 1.29 is 38.1 Å². The van der Waals surface area contributed by atoms with Gasteiger partial charge in [-0.15, -0.1) is 0 Å². The number of hydrogen-bond acceptors (Lipinski definition) is 8. The molecular weight excluding hydrogens is 765 g/mol. The molecule has 3 aliphatic rings. The Labute approximate surface area is 355 Å². The molecule has 0 spiro atoms. The predicted octanol–water partition coefficient (Wildman–Crippen LogP) is 12.1. The third-order valence-corrected chi connectivity index (χ3v) is 12.4. The Morgan fingerprint density at radius 3 is 1.46 bits per heavy atom. The fourth-order valence-corrected chi connectivity index (χ4v) is 9.04. The number of fused-ring (bicyclic) bond motifs is 7. The standard InChI is InChI=1S/C53H48O8/c1-57-43-28-22-38(23-29-43)53(56)61-45-26-16-35(17-27-45)11-21-42-31-40-7-3-5-9-47(40)49-48-46-8-4-2-6-39(46)30-41(50(48)58-33-59-51(42)49)20-10-34-14-24-44(25-15-34)60-52(55)37-18-12-36(32-54)13-19-37/h2-13,18-23,28-32,34-35,44-45H,14-17,24-27,33H2,1H3/b20-10+,21-11+. The fourth-order valence-electron chi connectivity index (χ4n) is 9.04. The molecular formula is C53H48O8. The molecule has 0 atom stereocenters. The molecule has 0 aromatic heterocycles. The second kappa shape index (κ2) is 17.9. The van der Waals surface area contributed by atoms with Crippen LogP contribution in [0.25, 0.3) is 44.8 Å². The van der Waals surface area contributed by atoms with E-state index in [4.69, 9.17) is 23.7 Å². The second-order valence-corrected chi connectivity index (χ2v) is 16.3. The van der Waals surface area contributed by atoms with Crippen molar-refractivity contribution in [2.45, 2.75) is 63.6 Å². The minimum atomic E-state index is -0.352. The fraction of sp³-hybridized carbons (Fsp3) is 0.264. The quantitative estimate of drug-likeness (QED) is 0.0996. The van der Waals surface area contributed by atoms with E-state index in [0.29, 0.717) is 34.3 Å². The zero-order chi connectivity index (χ0) is 41.7. The van der Waals surface area contributed by atoms with Gasteiger partial charge in [0.2, 0.25) is 6.79 Å². The van der Waals surface area contributed by atoms with Crippen LogP contribution in [0, 0.1) is 11.8 Å². The molecule has 2 fully saturated rings. The van der Waals surface area contributed by atoms with Gasteiger partial charge in [0.1, 0.15) is 35.7 Å². The largest absolute Gasteiger partial charge is 0.497 e. The van der Waals surface area contributed by atoms with Gasteiger partial charge in [-0.25, -0.2) is 9.59 Å². The van der Waals surface area contributed by atoms with Crippen molar-refractivity contribution in [1.29, 1.82) is 0 Å². The van der Waals surface area contributed by atoms with Crippen LogP contribution in [0.1, 0.15) is 93.6 Å². The van der Waals surface area contributed by atoms with Gasteiger partial charge in [0.15, 0.2) is 0 Å². The van der Waals surface area contributed by atoms with Crippen LogP contribution >= 0.6 is 0 Å². The molecule has 2 saturated carbocycles. The number of carbonyl (C=O) groups is 3. The third kappa shape index (κ3) is 8.67. The average Bonchev–Trinajstić information content (AvgIpc) is 3.52. The molecule has 1 heterocycles. The van der Waals surface area contributed by atoms with Crippen LogP contribution in [0.2, 0.25) is 0 Å². The van der Waals surface area contributed by atoms with Gasteiger partial charge in [-0.2, -0.15) is 0 Å². The van der Waals surface area contributed by atoms with Crippen molar-refractivity contribution in [1.82, 2.24) is 0 Å². The number of hydrogen-bond donors (Lipinski definition) is 0. The van der Waals surface area contributed by atoms with E-state index in [9.17, 15) is 14.4 Å². The number of aldehydes is 1. The van der Waals surface area contributed by atoms with E-state index >= 15 is 0 Å². The highest BCUT2D eigenvalue weighted by atomic mass is 16.7. The summed E-state index contributed by atoms with van der Waals surface area (Å²) in [6.07, 6.45) is 16.3. The Bertz CT molecular complexity index is 2630. The van der Waals surface area contributed by atoms with Crippen molar-refractivity contribution >= 4 is 51.9 Å². The smallest absolute Gasteiger partial charge is 0.338 e. The van der Waals surface area contributed by atoms with Gasteiger partial charge < -0.3 is 23.7 Å². The van der Waals surface area contributed by atoms with E-state index in [0.717, 1.165) is 113 Å². The molecule has 8 heteroatoms. The normalized spacial score (nSPS) is 20.0. The van der Waals surface area contributed by atoms with E-state index in [1.54, 1.807) is 55.6 Å². The maximum atomic E-state index is 12.8. The molecule has 0 N–H and O–H groups in total. The highest BCUT2D eigenvalue weighted by Crippen LogP contribution is 2.50. The average molecular weight is 813 g/mol. The zero-order valence-electron chi connectivity index (χ0n) is 34.2. The Hall–Kier alpha value is -6.67. The summed E-state index contributed by atoms with van der Waals surface area (Å²) in [5.41, 5.74) is 5.55. The van der Waals surface area contributed by atoms with Crippen molar-refractivity contribution in [2.75, 3.05) is 13.9 Å². The van der Waals surface area contributed by atoms with Gasteiger partial charge >= 0.3 is 11.9 Å². The number of allylic oxidation sites excluding steroid dienone is 2. The predicted molar refractivity (Wildman–Crippen MR) is 238 cm³/mol. The first-order chi connectivity index (χ1) is 29.9. The first-order valence-electron chi connectivity index (χ1n) is 21.3. The molecule has 308 valence electrons. The van der Waals surface area contributed by atoms with Crippen LogP contribution in [0.4, 0.5) is 0 Å². The second-order valence-electron chi connectivity index (χ2n) is 16.3. The number of rotatable bonds is 10. The van der Waals surface area contributed by atoms with Crippen LogP contribution in [-0.2, 0) is 9.47 Å². The molecule has 0 radical (unpaired) electrons. The maximum absolute atomic E-state index is 12.8. The molecule has 0 bridgehead atoms. The van der Waals surface area contributed by atoms with Gasteiger partial charge in [-0.05, 0) is 133 Å². The van der Waals surface area contributed by atoms with Gasteiger partial charge in [0.25, 0.3) is 0 Å². The molecule has 0 saturated heterocycles. The topological polar surface area (TPSA) is 97.4 Å². The summed E-state index contributed by atoms with van der Waals surface area (Å²) in [6.45, 7) is 0.0668. The summed E-state index contributed by atoms with van der Waals surface area (Å²) >= 11 is 0. The molecule has 6 aromatic rings. The van der Waals surface area contributed by atoms with Crippen LogP contribution in [0.5, 0.6) is 17.2 Å². The van der Waals surface area contributed by atoms with E-state index in [1.807, 2.05) is 0 Å². The lowest BCUT2D eigenvalue weighted by Gasteiger charge is -2.26. The number of ether oxygens (including phenoxy) is 5. The first kappa shape index (κ1) is 39.8. The lowest BCUT2D eigenvalue weighted by atomic mass is 9.85. The Balaban J connectivity index is 0.947. The zero-order valence-corrected chi connectivity index (χ0v) is 34.2. The van der Waals surface area contributed by atoms with Gasteiger partial charge in [0, 0.05) is 27.8 Å². The Kier molecular flexibility index (Phi) is 11.7. The molecule has 61 heavy (non-hydrogen) atoms. The minimum absolute atomic E-state index is 0.0668. The first-order valence-corrected chi connectivity index (χ1v) is 21.3. The number of carbonyl (C=O) groups excluding carboxylic acids is 3. The highest BCUT2D eigenvalue weighted by molar-refractivity contribution is 6.12. The molecule has 9 rings (SSSR count). The van der Waals surface area contributed by atoms with Crippen LogP contribution in [0.15, 0.2) is 121 Å². The molecule has 0 unspecified atom stereocenters. The highest BCUT2D eigenvalue weighted by Gasteiger charge is 2.28. The summed E-state index contributed by atoms with van der Waals surface area (Å²) in [4.78, 5) is 36.7. The van der Waals surface area contributed by atoms with Crippen molar-refractivity contribution in [3.05, 3.63) is 149 Å². The van der Waals surface area contributed by atoms with E-state index in [1.165, 1.54) is 0 Å². The van der Waals surface area contributed by atoms with E-state index < -0.39 is 0 Å². The van der Waals surface area contributed by atoms with E-state index in [-0.39, 0.29) is 30.9 Å². The van der Waals surface area contributed by atoms with Crippen LogP contribution in [-0.4, -0.2) is 44.3 Å². The number of methoxy groups -OCH3 is 1. The summed E-state index contributed by atoms with van der Waals surface area (Å²) in [7, 11) is 1.60. The maximum Gasteiger partial charge on any atom is 0.338 e. The third-order valence-electron chi connectivity index (χ3n) is 12.4. The number of benzene rings is 6. The molecule has 6 aromatic carbocycles. The lowest BCUT2D eigenvalue weighted by Crippen LogP contribution is -2.24. The van der Waals surface area contributed by atoms with Crippen molar-refractivity contribution in [3.8, 4) is 28.4 Å².